The van der Waals surface area contributed by atoms with E-state index in [4.69, 9.17) is 0 Å². The van der Waals surface area contributed by atoms with E-state index in [2.05, 4.69) is 10.2 Å². The molecule has 2 saturated heterocycles. The molecule has 1 unspecified atom stereocenters. The number of ketones is 1. The molecule has 5 nitrogen and oxygen atoms in total. The van der Waals surface area contributed by atoms with Crippen molar-refractivity contribution in [3.05, 3.63) is 35.4 Å². The largest absolute Gasteiger partial charge is 0.337 e. The lowest BCUT2D eigenvalue weighted by molar-refractivity contribution is 0.0768. The number of hydrogen-bond acceptors (Lipinski definition) is 4. The van der Waals surface area contributed by atoms with Crippen LogP contribution < -0.4 is 5.32 Å². The van der Waals surface area contributed by atoms with Crippen molar-refractivity contribution in [1.29, 1.82) is 0 Å². The van der Waals surface area contributed by atoms with Crippen molar-refractivity contribution in [2.45, 2.75) is 19.4 Å². The van der Waals surface area contributed by atoms with Crippen LogP contribution in [0.4, 0.5) is 0 Å². The number of benzene rings is 1. The summed E-state index contributed by atoms with van der Waals surface area (Å²) < 4.78 is 0. The molecule has 0 radical (unpaired) electrons. The quantitative estimate of drug-likeness (QED) is 0.848. The van der Waals surface area contributed by atoms with Crippen LogP contribution in [0.3, 0.4) is 0 Å². The highest BCUT2D eigenvalue weighted by Gasteiger charge is 2.32. The van der Waals surface area contributed by atoms with Gasteiger partial charge in [-0.05, 0) is 19.4 Å². The van der Waals surface area contributed by atoms with Crippen LogP contribution in [0.1, 0.15) is 34.1 Å². The van der Waals surface area contributed by atoms with Crippen LogP contribution in [0.5, 0.6) is 0 Å². The van der Waals surface area contributed by atoms with Gasteiger partial charge in [0, 0.05) is 50.9 Å². The highest BCUT2D eigenvalue weighted by molar-refractivity contribution is 6.07. The molecular formula is C17H24ClN3O2. The first-order valence-electron chi connectivity index (χ1n) is 8.01. The molecule has 126 valence electrons. The number of piperazine rings is 1. The van der Waals surface area contributed by atoms with Gasteiger partial charge in [0.15, 0.2) is 5.78 Å². The van der Waals surface area contributed by atoms with Gasteiger partial charge in [0.1, 0.15) is 0 Å². The summed E-state index contributed by atoms with van der Waals surface area (Å²) >= 11 is 0. The van der Waals surface area contributed by atoms with E-state index in [9.17, 15) is 9.59 Å². The summed E-state index contributed by atoms with van der Waals surface area (Å²) in [6, 6.07) is 7.58. The fourth-order valence-electron chi connectivity index (χ4n) is 3.42. The van der Waals surface area contributed by atoms with Gasteiger partial charge in [-0.15, -0.1) is 12.4 Å². The Bertz CT molecular complexity index is 573. The van der Waals surface area contributed by atoms with Crippen LogP contribution in [0.25, 0.3) is 0 Å². The Kier molecular flexibility index (Phi) is 6.16. The van der Waals surface area contributed by atoms with Crippen molar-refractivity contribution in [3.63, 3.8) is 0 Å². The molecule has 0 bridgehead atoms. The van der Waals surface area contributed by atoms with Gasteiger partial charge in [0.05, 0.1) is 5.56 Å². The highest BCUT2D eigenvalue weighted by atomic mass is 35.5. The molecule has 1 atom stereocenters. The van der Waals surface area contributed by atoms with E-state index in [1.54, 1.807) is 18.2 Å². The Labute approximate surface area is 143 Å². The van der Waals surface area contributed by atoms with Crippen molar-refractivity contribution in [2.24, 2.45) is 0 Å². The first-order chi connectivity index (χ1) is 10.7. The minimum atomic E-state index is -0.0539. The summed E-state index contributed by atoms with van der Waals surface area (Å²) in [7, 11) is 0. The lowest BCUT2D eigenvalue weighted by Crippen LogP contribution is -2.49. The van der Waals surface area contributed by atoms with E-state index >= 15 is 0 Å². The number of Topliss-reactive ketones (excluding diaryl/α,β-unsaturated/α-hetero) is 1. The SMILES string of the molecule is CC(=O)c1ccccc1C(=O)N1CCC(N2CCNCC2)C1.Cl. The molecule has 1 aromatic carbocycles. The fourth-order valence-corrected chi connectivity index (χ4v) is 3.42. The average Bonchev–Trinajstić information content (AvgIpc) is 3.05. The summed E-state index contributed by atoms with van der Waals surface area (Å²) in [6.45, 7) is 7.22. The molecule has 23 heavy (non-hydrogen) atoms. The topological polar surface area (TPSA) is 52.7 Å². The fraction of sp³-hybridized carbons (Fsp3) is 0.529. The van der Waals surface area contributed by atoms with Gasteiger partial charge >= 0.3 is 0 Å². The van der Waals surface area contributed by atoms with E-state index in [1.165, 1.54) is 6.92 Å². The highest BCUT2D eigenvalue weighted by Crippen LogP contribution is 2.20. The van der Waals surface area contributed by atoms with Gasteiger partial charge in [-0.1, -0.05) is 18.2 Å². The molecule has 0 aromatic heterocycles. The monoisotopic (exact) mass is 337 g/mol. The number of hydrogen-bond donors (Lipinski definition) is 1. The van der Waals surface area contributed by atoms with Crippen LogP contribution >= 0.6 is 12.4 Å². The minimum Gasteiger partial charge on any atom is -0.337 e. The zero-order valence-corrected chi connectivity index (χ0v) is 14.3. The molecule has 0 saturated carbocycles. The summed E-state index contributed by atoms with van der Waals surface area (Å²) in [5.74, 6) is -0.0646. The number of carbonyl (C=O) groups excluding carboxylic acids is 2. The Morgan fingerprint density at radius 1 is 1.09 bits per heavy atom. The normalized spacial score (nSPS) is 21.8. The number of nitrogens with one attached hydrogen (secondary N) is 1. The second-order valence-electron chi connectivity index (χ2n) is 6.08. The minimum absolute atomic E-state index is 0. The summed E-state index contributed by atoms with van der Waals surface area (Å²) in [5, 5.41) is 3.36. The van der Waals surface area contributed by atoms with Crippen LogP contribution in [0.15, 0.2) is 24.3 Å². The number of halogens is 1. The maximum atomic E-state index is 12.7. The van der Waals surface area contributed by atoms with E-state index in [0.717, 1.165) is 45.7 Å². The molecule has 2 aliphatic heterocycles. The molecule has 1 aromatic rings. The number of rotatable bonds is 3. The summed E-state index contributed by atoms with van der Waals surface area (Å²) in [5.41, 5.74) is 1.06. The van der Waals surface area contributed by atoms with Crippen LogP contribution in [0.2, 0.25) is 0 Å². The second kappa shape index (κ2) is 7.90. The molecule has 3 rings (SSSR count). The molecule has 2 fully saturated rings. The van der Waals surface area contributed by atoms with Crippen molar-refractivity contribution in [2.75, 3.05) is 39.3 Å². The molecule has 2 aliphatic rings. The van der Waals surface area contributed by atoms with E-state index in [-0.39, 0.29) is 24.1 Å². The third-order valence-corrected chi connectivity index (χ3v) is 4.66. The zero-order valence-electron chi connectivity index (χ0n) is 13.5. The van der Waals surface area contributed by atoms with Crippen molar-refractivity contribution in [3.8, 4) is 0 Å². The van der Waals surface area contributed by atoms with Crippen molar-refractivity contribution < 1.29 is 9.59 Å². The van der Waals surface area contributed by atoms with Crippen LogP contribution in [0, 0.1) is 0 Å². The molecule has 2 heterocycles. The summed E-state index contributed by atoms with van der Waals surface area (Å²) in [6.07, 6.45) is 1.02. The molecule has 0 aliphatic carbocycles. The number of amides is 1. The predicted molar refractivity (Wildman–Crippen MR) is 92.4 cm³/mol. The number of likely N-dealkylation sites (tertiary alicyclic amines) is 1. The second-order valence-corrected chi connectivity index (χ2v) is 6.08. The third-order valence-electron chi connectivity index (χ3n) is 4.66. The van der Waals surface area contributed by atoms with Gasteiger partial charge in [-0.2, -0.15) is 0 Å². The third kappa shape index (κ3) is 3.91. The Morgan fingerprint density at radius 2 is 1.74 bits per heavy atom. The van der Waals surface area contributed by atoms with Crippen molar-refractivity contribution in [1.82, 2.24) is 15.1 Å². The number of carbonyl (C=O) groups is 2. The lowest BCUT2D eigenvalue weighted by Gasteiger charge is -2.32. The van der Waals surface area contributed by atoms with E-state index < -0.39 is 0 Å². The first-order valence-corrected chi connectivity index (χ1v) is 8.01. The first kappa shape index (κ1) is 17.9. The Hall–Kier alpha value is -1.43. The number of nitrogens with zero attached hydrogens (tertiary/aromatic N) is 2. The molecule has 1 N–H and O–H groups in total. The van der Waals surface area contributed by atoms with E-state index in [1.807, 2.05) is 11.0 Å². The van der Waals surface area contributed by atoms with E-state index in [0.29, 0.717) is 17.2 Å². The van der Waals surface area contributed by atoms with Gasteiger partial charge in [-0.3, -0.25) is 14.5 Å². The summed E-state index contributed by atoms with van der Waals surface area (Å²) in [4.78, 5) is 28.8. The van der Waals surface area contributed by atoms with Gasteiger partial charge in [-0.25, -0.2) is 0 Å². The van der Waals surface area contributed by atoms with Gasteiger partial charge in [0.25, 0.3) is 5.91 Å². The molecule has 0 spiro atoms. The zero-order chi connectivity index (χ0) is 15.5. The average molecular weight is 338 g/mol. The maximum Gasteiger partial charge on any atom is 0.254 e. The van der Waals surface area contributed by atoms with Gasteiger partial charge in [0.2, 0.25) is 0 Å². The van der Waals surface area contributed by atoms with Crippen molar-refractivity contribution >= 4 is 24.1 Å². The smallest absolute Gasteiger partial charge is 0.254 e. The predicted octanol–water partition coefficient (Wildman–Crippen LogP) is 1.43. The Balaban J connectivity index is 0.00000192. The lowest BCUT2D eigenvalue weighted by atomic mass is 10.0. The standard InChI is InChI=1S/C17H23N3O2.ClH/c1-13(21)15-4-2-3-5-16(15)17(22)20-9-6-14(12-20)19-10-7-18-8-11-19;/h2-5,14,18H,6-12H2,1H3;1H. The van der Waals surface area contributed by atoms with Crippen LogP contribution in [-0.4, -0.2) is 66.8 Å². The van der Waals surface area contributed by atoms with Crippen LogP contribution in [-0.2, 0) is 0 Å². The Morgan fingerprint density at radius 3 is 2.39 bits per heavy atom. The van der Waals surface area contributed by atoms with Gasteiger partial charge < -0.3 is 10.2 Å². The molecule has 6 heteroatoms. The molecule has 1 amide bonds. The molecular weight excluding hydrogens is 314 g/mol. The maximum absolute atomic E-state index is 12.7.